The monoisotopic (exact) mass is 460 g/mol. The lowest BCUT2D eigenvalue weighted by Crippen LogP contribution is -2.51. The van der Waals surface area contributed by atoms with Crippen molar-refractivity contribution < 1.29 is 9.59 Å². The highest BCUT2D eigenvalue weighted by atomic mass is 35.5. The molecule has 0 saturated heterocycles. The van der Waals surface area contributed by atoms with Crippen LogP contribution in [-0.4, -0.2) is 34.6 Å². The fourth-order valence-electron chi connectivity index (χ4n) is 3.30. The summed E-state index contributed by atoms with van der Waals surface area (Å²) in [5.41, 5.74) is 3.26. The van der Waals surface area contributed by atoms with Gasteiger partial charge in [0.15, 0.2) is 0 Å². The first kappa shape index (κ1) is 25.3. The van der Waals surface area contributed by atoms with E-state index in [1.807, 2.05) is 76.2 Å². The smallest absolute Gasteiger partial charge is 0.243 e. The Kier molecular flexibility index (Phi) is 10.4. The lowest BCUT2D eigenvalue weighted by Gasteiger charge is -2.32. The van der Waals surface area contributed by atoms with Gasteiger partial charge < -0.3 is 10.2 Å². The molecule has 0 saturated carbocycles. The topological polar surface area (TPSA) is 49.4 Å². The van der Waals surface area contributed by atoms with Crippen molar-refractivity contribution in [3.05, 3.63) is 70.2 Å². The Labute approximate surface area is 195 Å². The second-order valence-electron chi connectivity index (χ2n) is 7.81. The van der Waals surface area contributed by atoms with Gasteiger partial charge in [-0.05, 0) is 55.5 Å². The Morgan fingerprint density at radius 2 is 1.84 bits per heavy atom. The van der Waals surface area contributed by atoms with Crippen molar-refractivity contribution in [3.8, 4) is 0 Å². The molecule has 6 heteroatoms. The summed E-state index contributed by atoms with van der Waals surface area (Å²) >= 11 is 7.60. The van der Waals surface area contributed by atoms with Crippen LogP contribution in [0.3, 0.4) is 0 Å². The molecule has 31 heavy (non-hydrogen) atoms. The summed E-state index contributed by atoms with van der Waals surface area (Å²) in [5, 5.41) is 3.74. The van der Waals surface area contributed by atoms with Crippen molar-refractivity contribution in [2.75, 3.05) is 5.75 Å². The molecule has 168 valence electrons. The van der Waals surface area contributed by atoms with E-state index in [-0.39, 0.29) is 17.9 Å². The summed E-state index contributed by atoms with van der Waals surface area (Å²) in [6.07, 6.45) is 1.42. The Bertz CT molecular complexity index is 874. The summed E-state index contributed by atoms with van der Waals surface area (Å²) in [6.45, 7) is 8.44. The molecule has 2 aromatic carbocycles. The van der Waals surface area contributed by atoms with Gasteiger partial charge in [0.25, 0.3) is 0 Å². The van der Waals surface area contributed by atoms with Gasteiger partial charge in [-0.2, -0.15) is 0 Å². The highest BCUT2D eigenvalue weighted by molar-refractivity contribution is 7.99. The highest BCUT2D eigenvalue weighted by Crippen LogP contribution is 2.20. The molecule has 0 heterocycles. The minimum absolute atomic E-state index is 0.0265. The van der Waals surface area contributed by atoms with Crippen molar-refractivity contribution in [3.63, 3.8) is 0 Å². The van der Waals surface area contributed by atoms with Crippen molar-refractivity contribution in [2.24, 2.45) is 0 Å². The number of amides is 2. The maximum absolute atomic E-state index is 13.3. The van der Waals surface area contributed by atoms with Crippen molar-refractivity contribution in [1.29, 1.82) is 0 Å². The second-order valence-corrected chi connectivity index (χ2v) is 9.23. The van der Waals surface area contributed by atoms with E-state index in [0.717, 1.165) is 23.1 Å². The summed E-state index contributed by atoms with van der Waals surface area (Å²) in [4.78, 5) is 28.0. The number of hydrogen-bond donors (Lipinski definition) is 1. The van der Waals surface area contributed by atoms with Gasteiger partial charge in [0.2, 0.25) is 11.8 Å². The quantitative estimate of drug-likeness (QED) is 0.474. The SMILES string of the molecule is CC[C@@H](C)NC(=O)[C@@H](CC)N(Cc1ccccc1C)C(=O)CSCc1cccc(Cl)c1. The molecule has 0 spiro atoms. The predicted octanol–water partition coefficient (Wildman–Crippen LogP) is 5.60. The van der Waals surface area contributed by atoms with E-state index in [9.17, 15) is 9.59 Å². The number of rotatable bonds is 11. The number of carbonyl (C=O) groups excluding carboxylic acids is 2. The van der Waals surface area contributed by atoms with Crippen LogP contribution in [0.25, 0.3) is 0 Å². The molecule has 2 aromatic rings. The number of aryl methyl sites for hydroxylation is 1. The predicted molar refractivity (Wildman–Crippen MR) is 131 cm³/mol. The fourth-order valence-corrected chi connectivity index (χ4v) is 4.37. The molecule has 0 aliphatic heterocycles. The molecule has 2 atom stereocenters. The van der Waals surface area contributed by atoms with Gasteiger partial charge in [0.05, 0.1) is 5.75 Å². The van der Waals surface area contributed by atoms with Crippen LogP contribution in [0.2, 0.25) is 5.02 Å². The largest absolute Gasteiger partial charge is 0.352 e. The third kappa shape index (κ3) is 7.89. The van der Waals surface area contributed by atoms with Crippen molar-refractivity contribution in [2.45, 2.75) is 64.9 Å². The van der Waals surface area contributed by atoms with Crippen LogP contribution in [-0.2, 0) is 21.9 Å². The third-order valence-electron chi connectivity index (χ3n) is 5.37. The molecular formula is C25H33ClN2O2S. The van der Waals surface area contributed by atoms with Crippen LogP contribution in [0.15, 0.2) is 48.5 Å². The normalized spacial score (nSPS) is 12.8. The molecule has 0 radical (unpaired) electrons. The number of nitrogens with zero attached hydrogens (tertiary/aromatic N) is 1. The minimum atomic E-state index is -0.493. The Balaban J connectivity index is 2.15. The molecule has 2 amide bonds. The first-order valence-corrected chi connectivity index (χ1v) is 12.4. The third-order valence-corrected chi connectivity index (χ3v) is 6.60. The molecule has 0 unspecified atom stereocenters. The number of thioether (sulfide) groups is 1. The standard InChI is InChI=1S/C25H33ClN2O2S/c1-5-19(4)27-25(30)23(6-2)28(15-21-12-8-7-10-18(21)3)24(29)17-31-16-20-11-9-13-22(26)14-20/h7-14,19,23H,5-6,15-17H2,1-4H3,(H,27,30)/t19-,23-/m1/s1. The lowest BCUT2D eigenvalue weighted by molar-refractivity contribution is -0.139. The van der Waals surface area contributed by atoms with Crippen molar-refractivity contribution >= 4 is 35.2 Å². The molecule has 4 nitrogen and oxygen atoms in total. The van der Waals surface area contributed by atoms with Gasteiger partial charge in [-0.25, -0.2) is 0 Å². The zero-order valence-corrected chi connectivity index (χ0v) is 20.4. The number of carbonyl (C=O) groups is 2. The minimum Gasteiger partial charge on any atom is -0.352 e. The molecule has 0 aliphatic rings. The van der Waals surface area contributed by atoms with Crippen LogP contribution in [0.5, 0.6) is 0 Å². The zero-order chi connectivity index (χ0) is 22.8. The molecule has 0 aliphatic carbocycles. The van der Waals surface area contributed by atoms with Gasteiger partial charge in [-0.15, -0.1) is 11.8 Å². The molecule has 0 bridgehead atoms. The zero-order valence-electron chi connectivity index (χ0n) is 18.9. The Morgan fingerprint density at radius 3 is 2.48 bits per heavy atom. The maximum atomic E-state index is 13.3. The van der Waals surface area contributed by atoms with E-state index in [1.165, 1.54) is 0 Å². The number of hydrogen-bond acceptors (Lipinski definition) is 3. The van der Waals surface area contributed by atoms with E-state index >= 15 is 0 Å². The van der Waals surface area contributed by atoms with E-state index in [0.29, 0.717) is 29.5 Å². The molecule has 0 fully saturated rings. The Hall–Kier alpha value is -1.98. The summed E-state index contributed by atoms with van der Waals surface area (Å²) in [5.74, 6) is 0.895. The van der Waals surface area contributed by atoms with Crippen LogP contribution in [0.4, 0.5) is 0 Å². The fraction of sp³-hybridized carbons (Fsp3) is 0.440. The molecule has 2 rings (SSSR count). The highest BCUT2D eigenvalue weighted by Gasteiger charge is 2.29. The molecule has 1 N–H and O–H groups in total. The van der Waals surface area contributed by atoms with E-state index in [4.69, 9.17) is 11.6 Å². The lowest BCUT2D eigenvalue weighted by atomic mass is 10.1. The molecular weight excluding hydrogens is 428 g/mol. The second kappa shape index (κ2) is 12.8. The van der Waals surface area contributed by atoms with Gasteiger partial charge in [-0.1, -0.05) is 61.8 Å². The first-order valence-electron chi connectivity index (χ1n) is 10.8. The first-order chi connectivity index (χ1) is 14.8. The van der Waals surface area contributed by atoms with Gasteiger partial charge >= 0.3 is 0 Å². The van der Waals surface area contributed by atoms with Crippen LogP contribution < -0.4 is 5.32 Å². The van der Waals surface area contributed by atoms with Crippen molar-refractivity contribution in [1.82, 2.24) is 10.2 Å². The summed E-state index contributed by atoms with van der Waals surface area (Å²) in [6, 6.07) is 15.3. The van der Waals surface area contributed by atoms with Crippen LogP contribution >= 0.6 is 23.4 Å². The van der Waals surface area contributed by atoms with E-state index in [2.05, 4.69) is 5.32 Å². The van der Waals surface area contributed by atoms with Gasteiger partial charge in [0.1, 0.15) is 6.04 Å². The average Bonchev–Trinajstić information content (AvgIpc) is 2.74. The van der Waals surface area contributed by atoms with Gasteiger partial charge in [-0.3, -0.25) is 9.59 Å². The van der Waals surface area contributed by atoms with Gasteiger partial charge in [0, 0.05) is 23.4 Å². The molecule has 0 aromatic heterocycles. The summed E-state index contributed by atoms with van der Waals surface area (Å²) in [7, 11) is 0. The summed E-state index contributed by atoms with van der Waals surface area (Å²) < 4.78 is 0. The van der Waals surface area contributed by atoms with E-state index < -0.39 is 6.04 Å². The number of halogens is 1. The van der Waals surface area contributed by atoms with Crippen LogP contribution in [0, 0.1) is 6.92 Å². The number of benzene rings is 2. The van der Waals surface area contributed by atoms with E-state index in [1.54, 1.807) is 16.7 Å². The average molecular weight is 461 g/mol. The van der Waals surface area contributed by atoms with Crippen LogP contribution in [0.1, 0.15) is 50.3 Å². The Morgan fingerprint density at radius 1 is 1.10 bits per heavy atom. The number of nitrogens with one attached hydrogen (secondary N) is 1. The maximum Gasteiger partial charge on any atom is 0.243 e.